The Bertz CT molecular complexity index is 448. The van der Waals surface area contributed by atoms with Gasteiger partial charge in [0.2, 0.25) is 0 Å². The lowest BCUT2D eigenvalue weighted by Crippen LogP contribution is -2.26. The summed E-state index contributed by atoms with van der Waals surface area (Å²) in [5, 5.41) is 3.71. The summed E-state index contributed by atoms with van der Waals surface area (Å²) in [6, 6.07) is 0. The molecule has 0 aromatic rings. The summed E-state index contributed by atoms with van der Waals surface area (Å²) >= 11 is 4.85. The van der Waals surface area contributed by atoms with Crippen molar-refractivity contribution in [2.24, 2.45) is 11.3 Å². The highest BCUT2D eigenvalue weighted by Crippen LogP contribution is 2.60. The highest BCUT2D eigenvalue weighted by Gasteiger charge is 2.53. The van der Waals surface area contributed by atoms with Gasteiger partial charge in [0.15, 0.2) is 0 Å². The second-order valence-electron chi connectivity index (χ2n) is 7.22. The van der Waals surface area contributed by atoms with Gasteiger partial charge in [0.25, 0.3) is 0 Å². The number of allylic oxidation sites excluding steroid dienone is 2. The van der Waals surface area contributed by atoms with Crippen LogP contribution in [0.4, 0.5) is 0 Å². The Hall–Kier alpha value is -0.410. The molecule has 3 unspecified atom stereocenters. The van der Waals surface area contributed by atoms with E-state index in [-0.39, 0.29) is 0 Å². The number of hydrogen-bond acceptors (Lipinski definition) is 3. The molecule has 22 heavy (non-hydrogen) atoms. The standard InChI is InChI=1S/C19H36N2S/c1-9-16(22)14(5)17(18(13(3)4)21(8)10-2)19(6)11-15(19)12-20-7/h15-16,20,22H,9-12H2,1-8H3/b17-14-. The number of rotatable bonds is 8. The monoisotopic (exact) mass is 324 g/mol. The molecule has 0 aromatic carbocycles. The molecule has 1 saturated carbocycles. The topological polar surface area (TPSA) is 15.3 Å². The maximum atomic E-state index is 4.85. The van der Waals surface area contributed by atoms with E-state index in [4.69, 9.17) is 12.6 Å². The van der Waals surface area contributed by atoms with Gasteiger partial charge in [-0.3, -0.25) is 0 Å². The Morgan fingerprint density at radius 3 is 2.32 bits per heavy atom. The van der Waals surface area contributed by atoms with E-state index in [0.717, 1.165) is 25.4 Å². The summed E-state index contributed by atoms with van der Waals surface area (Å²) in [6.45, 7) is 15.8. The first-order valence-corrected chi connectivity index (χ1v) is 9.19. The van der Waals surface area contributed by atoms with Crippen molar-refractivity contribution >= 4 is 12.6 Å². The van der Waals surface area contributed by atoms with Gasteiger partial charge in [0, 0.05) is 24.5 Å². The van der Waals surface area contributed by atoms with Gasteiger partial charge in [-0.2, -0.15) is 12.6 Å². The van der Waals surface area contributed by atoms with Crippen LogP contribution in [0.15, 0.2) is 22.4 Å². The van der Waals surface area contributed by atoms with Crippen LogP contribution in [0.5, 0.6) is 0 Å². The third-order valence-corrected chi connectivity index (χ3v) is 6.03. The molecule has 0 radical (unpaired) electrons. The molecule has 1 aliphatic carbocycles. The normalized spacial score (nSPS) is 26.3. The average Bonchev–Trinajstić information content (AvgIpc) is 3.13. The molecule has 1 rings (SSSR count). The fourth-order valence-corrected chi connectivity index (χ4v) is 3.79. The molecule has 3 heteroatoms. The van der Waals surface area contributed by atoms with E-state index in [2.05, 4.69) is 65.9 Å². The van der Waals surface area contributed by atoms with E-state index < -0.39 is 0 Å². The summed E-state index contributed by atoms with van der Waals surface area (Å²) in [5.74, 6) is 0.736. The van der Waals surface area contributed by atoms with E-state index in [0.29, 0.717) is 10.7 Å². The quantitative estimate of drug-likeness (QED) is 0.505. The van der Waals surface area contributed by atoms with Gasteiger partial charge in [-0.1, -0.05) is 25.0 Å². The number of thiol groups is 1. The summed E-state index contributed by atoms with van der Waals surface area (Å²) in [4.78, 5) is 2.41. The van der Waals surface area contributed by atoms with Crippen LogP contribution in [0, 0.1) is 11.3 Å². The van der Waals surface area contributed by atoms with Crippen LogP contribution in [0.1, 0.15) is 54.4 Å². The van der Waals surface area contributed by atoms with E-state index in [1.54, 1.807) is 5.57 Å². The highest BCUT2D eigenvalue weighted by atomic mass is 32.1. The van der Waals surface area contributed by atoms with Crippen LogP contribution in [-0.4, -0.2) is 37.3 Å². The van der Waals surface area contributed by atoms with Gasteiger partial charge in [-0.25, -0.2) is 0 Å². The van der Waals surface area contributed by atoms with E-state index >= 15 is 0 Å². The molecule has 0 aromatic heterocycles. The maximum absolute atomic E-state index is 4.85. The zero-order valence-electron chi connectivity index (χ0n) is 15.9. The van der Waals surface area contributed by atoms with E-state index in [9.17, 15) is 0 Å². The summed E-state index contributed by atoms with van der Waals surface area (Å²) < 4.78 is 0. The van der Waals surface area contributed by atoms with Gasteiger partial charge in [-0.05, 0) is 71.0 Å². The van der Waals surface area contributed by atoms with Crippen LogP contribution in [0.25, 0.3) is 0 Å². The van der Waals surface area contributed by atoms with Crippen molar-refractivity contribution in [3.63, 3.8) is 0 Å². The lowest BCUT2D eigenvalue weighted by molar-refractivity contribution is 0.419. The number of nitrogens with zero attached hydrogens (tertiary/aromatic N) is 1. The van der Waals surface area contributed by atoms with Gasteiger partial charge >= 0.3 is 0 Å². The molecule has 128 valence electrons. The first-order chi connectivity index (χ1) is 10.2. The fourth-order valence-electron chi connectivity index (χ4n) is 3.66. The lowest BCUT2D eigenvalue weighted by Gasteiger charge is -2.32. The molecule has 0 aliphatic heterocycles. The Kier molecular flexibility index (Phi) is 7.07. The molecule has 1 fully saturated rings. The molecule has 0 spiro atoms. The second kappa shape index (κ2) is 7.92. The minimum absolute atomic E-state index is 0.291. The van der Waals surface area contributed by atoms with Crippen molar-refractivity contribution in [3.05, 3.63) is 22.4 Å². The van der Waals surface area contributed by atoms with Crippen molar-refractivity contribution in [2.45, 2.75) is 59.6 Å². The number of nitrogens with one attached hydrogen (secondary N) is 1. The van der Waals surface area contributed by atoms with E-state index in [1.807, 2.05) is 0 Å². The van der Waals surface area contributed by atoms with Crippen LogP contribution in [-0.2, 0) is 0 Å². The minimum atomic E-state index is 0.291. The van der Waals surface area contributed by atoms with Gasteiger partial charge < -0.3 is 10.2 Å². The number of hydrogen-bond donors (Lipinski definition) is 2. The predicted octanol–water partition coefficient (Wildman–Crippen LogP) is 4.50. The van der Waals surface area contributed by atoms with Crippen molar-refractivity contribution in [2.75, 3.05) is 27.2 Å². The second-order valence-corrected chi connectivity index (χ2v) is 7.84. The largest absolute Gasteiger partial charge is 0.375 e. The van der Waals surface area contributed by atoms with Crippen molar-refractivity contribution in [3.8, 4) is 0 Å². The molecule has 0 amide bonds. The predicted molar refractivity (Wildman–Crippen MR) is 103 cm³/mol. The third kappa shape index (κ3) is 3.91. The van der Waals surface area contributed by atoms with Crippen molar-refractivity contribution in [1.82, 2.24) is 10.2 Å². The summed E-state index contributed by atoms with van der Waals surface area (Å²) in [6.07, 6.45) is 2.36. The van der Waals surface area contributed by atoms with Gasteiger partial charge in [0.1, 0.15) is 0 Å². The summed E-state index contributed by atoms with van der Waals surface area (Å²) in [7, 11) is 4.27. The molecule has 1 aliphatic rings. The smallest absolute Gasteiger partial charge is 0.0387 e. The summed E-state index contributed by atoms with van der Waals surface area (Å²) in [5.41, 5.74) is 6.15. The van der Waals surface area contributed by atoms with Gasteiger partial charge in [0.05, 0.1) is 0 Å². The Morgan fingerprint density at radius 2 is 1.91 bits per heavy atom. The average molecular weight is 325 g/mol. The van der Waals surface area contributed by atoms with Crippen LogP contribution >= 0.6 is 12.6 Å². The fraction of sp³-hybridized carbons (Fsp3) is 0.789. The first kappa shape index (κ1) is 19.6. The zero-order chi connectivity index (χ0) is 17.1. The SMILES string of the molecule is CCC(S)/C(C)=C(/C(=C(C)C)N(C)CC)C1(C)CC1CNC. The number of likely N-dealkylation sites (N-methyl/N-ethyl adjacent to an activating group) is 1. The molecule has 0 saturated heterocycles. The van der Waals surface area contributed by atoms with Gasteiger partial charge in [-0.15, -0.1) is 0 Å². The Morgan fingerprint density at radius 1 is 1.32 bits per heavy atom. The Labute approximate surface area is 143 Å². The van der Waals surface area contributed by atoms with Crippen LogP contribution in [0.2, 0.25) is 0 Å². The first-order valence-electron chi connectivity index (χ1n) is 8.67. The maximum Gasteiger partial charge on any atom is 0.0387 e. The molecule has 1 N–H and O–H groups in total. The molecule has 0 heterocycles. The zero-order valence-corrected chi connectivity index (χ0v) is 16.8. The van der Waals surface area contributed by atoms with Crippen molar-refractivity contribution < 1.29 is 0 Å². The molecule has 2 nitrogen and oxygen atoms in total. The van der Waals surface area contributed by atoms with Crippen LogP contribution < -0.4 is 5.32 Å². The lowest BCUT2D eigenvalue weighted by atomic mass is 9.84. The molecular weight excluding hydrogens is 288 g/mol. The molecule has 3 atom stereocenters. The Balaban J connectivity index is 3.40. The highest BCUT2D eigenvalue weighted by molar-refractivity contribution is 7.81. The third-order valence-electron chi connectivity index (χ3n) is 5.28. The van der Waals surface area contributed by atoms with Crippen LogP contribution in [0.3, 0.4) is 0 Å². The van der Waals surface area contributed by atoms with Crippen molar-refractivity contribution in [1.29, 1.82) is 0 Å². The molecule has 0 bridgehead atoms. The van der Waals surface area contributed by atoms with E-state index in [1.165, 1.54) is 23.3 Å². The minimum Gasteiger partial charge on any atom is -0.375 e. The molecular formula is C19H36N2S.